The molecule has 0 bridgehead atoms. The topological polar surface area (TPSA) is 12.9 Å². The molecule has 0 aliphatic heterocycles. The summed E-state index contributed by atoms with van der Waals surface area (Å²) in [6.07, 6.45) is 0. The summed E-state index contributed by atoms with van der Waals surface area (Å²) in [4.78, 5) is 3.86. The van der Waals surface area contributed by atoms with Gasteiger partial charge in [0.15, 0.2) is 0 Å². The number of alkyl halides is 3. The van der Waals surface area contributed by atoms with Crippen molar-refractivity contribution in [1.82, 2.24) is 4.98 Å². The fraction of sp³-hybridized carbons (Fsp3) is 0.286. The van der Waals surface area contributed by atoms with Crippen molar-refractivity contribution in [2.75, 3.05) is 0 Å². The van der Waals surface area contributed by atoms with Crippen LogP contribution in [0.25, 0.3) is 0 Å². The van der Waals surface area contributed by atoms with Gasteiger partial charge in [0.1, 0.15) is 5.15 Å². The molecule has 1 aromatic heterocycles. The molecule has 0 aliphatic carbocycles. The molecule has 0 saturated heterocycles. The molecule has 14 heavy (non-hydrogen) atoms. The minimum Gasteiger partial charge on any atom is -0.235 e. The Bertz CT molecular complexity index is 369. The molecule has 1 heterocycles. The number of hydrogen-bond acceptors (Lipinski definition) is 1. The van der Waals surface area contributed by atoms with E-state index in [4.69, 9.17) is 69.6 Å². The third-order valence-corrected chi connectivity index (χ3v) is 3.38. The Morgan fingerprint density at radius 2 is 1.50 bits per heavy atom. The third-order valence-electron chi connectivity index (χ3n) is 1.54. The van der Waals surface area contributed by atoms with Crippen LogP contribution in [0.1, 0.15) is 11.3 Å². The Labute approximate surface area is 111 Å². The van der Waals surface area contributed by atoms with Crippen molar-refractivity contribution in [3.8, 4) is 0 Å². The molecule has 0 aliphatic rings. The highest BCUT2D eigenvalue weighted by atomic mass is 35.6. The summed E-state index contributed by atoms with van der Waals surface area (Å²) in [6.45, 7) is 1.65. The minimum absolute atomic E-state index is 0.0172. The lowest BCUT2D eigenvalue weighted by atomic mass is 10.2. The normalized spacial score (nSPS) is 11.9. The van der Waals surface area contributed by atoms with Gasteiger partial charge in [-0.3, -0.25) is 0 Å². The molecular formula is C7H3Cl6N. The van der Waals surface area contributed by atoms with Gasteiger partial charge in [-0.2, -0.15) is 0 Å². The molecule has 1 nitrogen and oxygen atoms in total. The third kappa shape index (κ3) is 2.52. The lowest BCUT2D eigenvalue weighted by Gasteiger charge is -2.15. The fourth-order valence-electron chi connectivity index (χ4n) is 0.866. The molecule has 1 aromatic rings. The van der Waals surface area contributed by atoms with E-state index in [9.17, 15) is 0 Å². The van der Waals surface area contributed by atoms with Crippen LogP contribution >= 0.6 is 69.6 Å². The number of nitrogens with zero attached hydrogens (tertiary/aromatic N) is 1. The summed E-state index contributed by atoms with van der Waals surface area (Å²) in [5.41, 5.74) is 0.683. The van der Waals surface area contributed by atoms with E-state index >= 15 is 0 Å². The first kappa shape index (κ1) is 13.0. The van der Waals surface area contributed by atoms with Gasteiger partial charge in [-0.15, -0.1) is 0 Å². The molecule has 0 spiro atoms. The lowest BCUT2D eigenvalue weighted by molar-refractivity contribution is 1.05. The Hall–Kier alpha value is 0.890. The average Bonchev–Trinajstić information content (AvgIpc) is 2.06. The van der Waals surface area contributed by atoms with Gasteiger partial charge in [0, 0.05) is 0 Å². The van der Waals surface area contributed by atoms with Crippen LogP contribution in [0, 0.1) is 6.92 Å². The summed E-state index contributed by atoms with van der Waals surface area (Å²) in [5.74, 6) is 0. The zero-order valence-electron chi connectivity index (χ0n) is 6.72. The van der Waals surface area contributed by atoms with Crippen LogP contribution in [0.4, 0.5) is 0 Å². The van der Waals surface area contributed by atoms with Crippen molar-refractivity contribution >= 4 is 69.6 Å². The predicted molar refractivity (Wildman–Crippen MR) is 63.2 cm³/mol. The molecule has 0 aromatic carbocycles. The number of pyridine rings is 1. The van der Waals surface area contributed by atoms with Crippen LogP contribution in [0.15, 0.2) is 0 Å². The van der Waals surface area contributed by atoms with Gasteiger partial charge in [0.05, 0.1) is 15.7 Å². The first-order valence-electron chi connectivity index (χ1n) is 3.33. The second-order valence-corrected chi connectivity index (χ2v) is 5.90. The van der Waals surface area contributed by atoms with Crippen molar-refractivity contribution in [3.63, 3.8) is 0 Å². The maximum absolute atomic E-state index is 5.86. The Balaban J connectivity index is 3.49. The molecular weight excluding hydrogens is 311 g/mol. The second kappa shape index (κ2) is 4.40. The van der Waals surface area contributed by atoms with Gasteiger partial charge in [0.2, 0.25) is 3.79 Å². The molecule has 0 unspecified atom stereocenters. The Morgan fingerprint density at radius 1 is 1.00 bits per heavy atom. The largest absolute Gasteiger partial charge is 0.235 e. The molecule has 78 valence electrons. The van der Waals surface area contributed by atoms with Crippen LogP contribution in [0.3, 0.4) is 0 Å². The highest BCUT2D eigenvalue weighted by molar-refractivity contribution is 6.66. The molecule has 1 rings (SSSR count). The number of aromatic nitrogens is 1. The van der Waals surface area contributed by atoms with E-state index in [0.717, 1.165) is 0 Å². The van der Waals surface area contributed by atoms with Crippen LogP contribution < -0.4 is 0 Å². The van der Waals surface area contributed by atoms with Crippen molar-refractivity contribution in [1.29, 1.82) is 0 Å². The van der Waals surface area contributed by atoms with Gasteiger partial charge >= 0.3 is 0 Å². The minimum atomic E-state index is -1.66. The van der Waals surface area contributed by atoms with Gasteiger partial charge in [-0.1, -0.05) is 69.6 Å². The average molecular weight is 314 g/mol. The van der Waals surface area contributed by atoms with E-state index in [1.807, 2.05) is 0 Å². The number of hydrogen-bond donors (Lipinski definition) is 0. The Kier molecular flexibility index (Phi) is 4.08. The second-order valence-electron chi connectivity index (χ2n) is 2.50. The molecule has 0 atom stereocenters. The van der Waals surface area contributed by atoms with E-state index in [1.54, 1.807) is 6.92 Å². The van der Waals surface area contributed by atoms with Crippen molar-refractivity contribution in [2.24, 2.45) is 0 Å². The predicted octanol–water partition coefficient (Wildman–Crippen LogP) is 5.18. The first-order valence-corrected chi connectivity index (χ1v) is 5.60. The van der Waals surface area contributed by atoms with Crippen molar-refractivity contribution in [2.45, 2.75) is 10.7 Å². The van der Waals surface area contributed by atoms with Crippen LogP contribution in [0.2, 0.25) is 15.2 Å². The van der Waals surface area contributed by atoms with Gasteiger partial charge in [-0.25, -0.2) is 4.98 Å². The maximum Gasteiger partial charge on any atom is 0.232 e. The number of rotatable bonds is 0. The molecule has 0 amide bonds. The first-order chi connectivity index (χ1) is 6.25. The van der Waals surface area contributed by atoms with Crippen LogP contribution in [0.5, 0.6) is 0 Å². The summed E-state index contributed by atoms with van der Waals surface area (Å²) in [7, 11) is 0. The lowest BCUT2D eigenvalue weighted by Crippen LogP contribution is -2.07. The summed E-state index contributed by atoms with van der Waals surface area (Å²) in [5, 5.41) is 0.417. The van der Waals surface area contributed by atoms with Gasteiger partial charge in [-0.05, 0) is 12.5 Å². The smallest absolute Gasteiger partial charge is 0.232 e. The monoisotopic (exact) mass is 311 g/mol. The standard InChI is InChI=1S/C7H3Cl6N/c1-2-3(8)4(9)6(10)14-5(2)7(11,12)13/h1H3. The van der Waals surface area contributed by atoms with Crippen LogP contribution in [-0.2, 0) is 3.79 Å². The highest BCUT2D eigenvalue weighted by Gasteiger charge is 2.29. The SMILES string of the molecule is Cc1c(C(Cl)(Cl)Cl)nc(Cl)c(Cl)c1Cl. The van der Waals surface area contributed by atoms with Crippen molar-refractivity contribution < 1.29 is 0 Å². The number of halogens is 6. The highest BCUT2D eigenvalue weighted by Crippen LogP contribution is 2.43. The summed E-state index contributed by atoms with van der Waals surface area (Å²) >= 11 is 34.3. The molecule has 7 heteroatoms. The van der Waals surface area contributed by atoms with Gasteiger partial charge in [0.25, 0.3) is 0 Å². The van der Waals surface area contributed by atoms with E-state index in [2.05, 4.69) is 4.98 Å². The van der Waals surface area contributed by atoms with E-state index in [0.29, 0.717) is 5.56 Å². The zero-order valence-corrected chi connectivity index (χ0v) is 11.3. The van der Waals surface area contributed by atoms with Crippen molar-refractivity contribution in [3.05, 3.63) is 26.5 Å². The summed E-state index contributed by atoms with van der Waals surface area (Å²) in [6, 6.07) is 0. The van der Waals surface area contributed by atoms with Gasteiger partial charge < -0.3 is 0 Å². The summed E-state index contributed by atoms with van der Waals surface area (Å²) < 4.78 is -1.66. The van der Waals surface area contributed by atoms with E-state index in [-0.39, 0.29) is 20.9 Å². The van der Waals surface area contributed by atoms with E-state index in [1.165, 1.54) is 0 Å². The fourth-order valence-corrected chi connectivity index (χ4v) is 2.01. The maximum atomic E-state index is 5.86. The Morgan fingerprint density at radius 3 is 1.93 bits per heavy atom. The quantitative estimate of drug-likeness (QED) is 0.475. The van der Waals surface area contributed by atoms with Crippen LogP contribution in [-0.4, -0.2) is 4.98 Å². The molecule has 0 saturated carbocycles. The zero-order chi connectivity index (χ0) is 11.1. The molecule has 0 N–H and O–H groups in total. The van der Waals surface area contributed by atoms with E-state index < -0.39 is 3.79 Å². The molecule has 0 fully saturated rings. The molecule has 0 radical (unpaired) electrons.